The summed E-state index contributed by atoms with van der Waals surface area (Å²) in [4.78, 5) is 15.2. The number of pyridine rings is 1. The molecule has 0 amide bonds. The number of hydrogen-bond donors (Lipinski definition) is 0. The number of methoxy groups -OCH3 is 1. The number of carbonyl (C=O) groups excluding carboxylic acids is 1. The fourth-order valence-electron chi connectivity index (χ4n) is 1.50. The maximum atomic E-state index is 11.5. The molecule has 0 N–H and O–H groups in total. The van der Waals surface area contributed by atoms with Crippen molar-refractivity contribution in [2.75, 3.05) is 7.11 Å². The largest absolute Gasteiger partial charge is 0.464 e. The molecule has 18 heavy (non-hydrogen) atoms. The number of rotatable bonds is 2. The van der Waals surface area contributed by atoms with E-state index in [2.05, 4.69) is 14.8 Å². The van der Waals surface area contributed by atoms with Gasteiger partial charge in [-0.15, -0.1) is 0 Å². The average Bonchev–Trinajstić information content (AvgIpc) is 2.64. The van der Waals surface area contributed by atoms with Gasteiger partial charge in [-0.2, -0.15) is 5.10 Å². The van der Waals surface area contributed by atoms with Crippen molar-refractivity contribution in [3.05, 3.63) is 18.0 Å². The van der Waals surface area contributed by atoms with Crippen molar-refractivity contribution in [2.24, 2.45) is 7.05 Å². The van der Waals surface area contributed by atoms with Crippen molar-refractivity contribution >= 4 is 36.7 Å². The Morgan fingerprint density at radius 1 is 1.50 bits per heavy atom. The highest BCUT2D eigenvalue weighted by Gasteiger charge is 2.20. The van der Waals surface area contributed by atoms with Crippen molar-refractivity contribution in [3.63, 3.8) is 0 Å². The summed E-state index contributed by atoms with van der Waals surface area (Å²) >= 11 is 0. The highest BCUT2D eigenvalue weighted by Crippen LogP contribution is 2.22. The lowest BCUT2D eigenvalue weighted by Gasteiger charge is -1.97. The van der Waals surface area contributed by atoms with Gasteiger partial charge in [0, 0.05) is 23.9 Å². The zero-order chi connectivity index (χ0) is 13.5. The molecule has 0 bridgehead atoms. The van der Waals surface area contributed by atoms with Gasteiger partial charge in [0.05, 0.1) is 12.5 Å². The van der Waals surface area contributed by atoms with Gasteiger partial charge >= 0.3 is 5.97 Å². The van der Waals surface area contributed by atoms with Gasteiger partial charge in [0.15, 0.2) is 11.3 Å². The van der Waals surface area contributed by atoms with Gasteiger partial charge in [-0.1, -0.05) is 0 Å². The van der Waals surface area contributed by atoms with E-state index < -0.39 is 15.0 Å². The molecule has 0 atom stereocenters. The van der Waals surface area contributed by atoms with Crippen LogP contribution >= 0.6 is 10.7 Å². The molecule has 0 radical (unpaired) electrons. The Labute approximate surface area is 107 Å². The van der Waals surface area contributed by atoms with Gasteiger partial charge in [0.25, 0.3) is 9.05 Å². The molecular formula is C9H8ClN3O4S. The van der Waals surface area contributed by atoms with Crippen LogP contribution in [0.15, 0.2) is 17.2 Å². The zero-order valence-electron chi connectivity index (χ0n) is 9.42. The molecule has 2 rings (SSSR count). The summed E-state index contributed by atoms with van der Waals surface area (Å²) in [6.07, 6.45) is 1.10. The van der Waals surface area contributed by atoms with Crippen LogP contribution in [0, 0.1) is 0 Å². The lowest BCUT2D eigenvalue weighted by Crippen LogP contribution is -2.03. The van der Waals surface area contributed by atoms with E-state index in [4.69, 9.17) is 10.7 Å². The van der Waals surface area contributed by atoms with Gasteiger partial charge in [-0.25, -0.2) is 22.9 Å². The summed E-state index contributed by atoms with van der Waals surface area (Å²) in [7, 11) is 4.09. The van der Waals surface area contributed by atoms with E-state index in [0.29, 0.717) is 5.65 Å². The number of carbonyl (C=O) groups is 1. The second-order valence-electron chi connectivity index (χ2n) is 3.44. The second kappa shape index (κ2) is 4.21. The molecule has 2 heterocycles. The highest BCUT2D eigenvalue weighted by atomic mass is 35.7. The summed E-state index contributed by atoms with van der Waals surface area (Å²) in [6, 6.07) is 1.24. The van der Waals surface area contributed by atoms with Crippen LogP contribution in [0.25, 0.3) is 11.0 Å². The molecule has 0 fully saturated rings. The molecule has 0 saturated carbocycles. The minimum Gasteiger partial charge on any atom is -0.464 e. The first-order valence-electron chi connectivity index (χ1n) is 4.70. The summed E-state index contributed by atoms with van der Waals surface area (Å²) in [5, 5.41) is 4.19. The molecule has 0 unspecified atom stereocenters. The van der Waals surface area contributed by atoms with E-state index in [1.165, 1.54) is 17.9 Å². The number of esters is 1. The average molecular weight is 290 g/mol. The lowest BCUT2D eigenvalue weighted by molar-refractivity contribution is 0.0595. The first-order chi connectivity index (χ1) is 8.34. The van der Waals surface area contributed by atoms with E-state index in [9.17, 15) is 13.2 Å². The molecule has 0 aliphatic rings. The fourth-order valence-corrected chi connectivity index (χ4v) is 2.19. The van der Waals surface area contributed by atoms with Gasteiger partial charge in [-0.3, -0.25) is 0 Å². The standard InChI is InChI=1S/C9H8ClN3O4S/c1-13-8-6(7(12-13)9(14)17-2)3-5(4-11-8)18(10,15)16/h3-4H,1-2H3. The Bertz CT molecular complexity index is 738. The SMILES string of the molecule is COC(=O)c1nn(C)c2ncc(S(=O)(=O)Cl)cc12. The van der Waals surface area contributed by atoms with Gasteiger partial charge < -0.3 is 4.74 Å². The van der Waals surface area contributed by atoms with Crippen LogP contribution in [0.3, 0.4) is 0 Å². The smallest absolute Gasteiger partial charge is 0.359 e. The Morgan fingerprint density at radius 3 is 2.72 bits per heavy atom. The monoisotopic (exact) mass is 289 g/mol. The number of fused-ring (bicyclic) bond motifs is 1. The highest BCUT2D eigenvalue weighted by molar-refractivity contribution is 8.13. The van der Waals surface area contributed by atoms with Crippen LogP contribution in [0.5, 0.6) is 0 Å². The molecule has 0 aliphatic heterocycles. The van der Waals surface area contributed by atoms with Crippen LogP contribution in [-0.2, 0) is 20.8 Å². The number of nitrogens with zero attached hydrogens (tertiary/aromatic N) is 3. The summed E-state index contributed by atoms with van der Waals surface area (Å²) in [5.74, 6) is -0.675. The molecule has 0 aromatic carbocycles. The minimum absolute atomic E-state index is 0.00957. The number of halogens is 1. The zero-order valence-corrected chi connectivity index (χ0v) is 11.0. The number of aryl methyl sites for hydroxylation is 1. The molecule has 7 nitrogen and oxygen atoms in total. The molecule has 0 spiro atoms. The van der Waals surface area contributed by atoms with Gasteiger partial charge in [0.2, 0.25) is 0 Å². The van der Waals surface area contributed by atoms with Gasteiger partial charge in [-0.05, 0) is 6.07 Å². The molecular weight excluding hydrogens is 282 g/mol. The van der Waals surface area contributed by atoms with E-state index in [1.54, 1.807) is 7.05 Å². The predicted molar refractivity (Wildman–Crippen MR) is 62.9 cm³/mol. The van der Waals surface area contributed by atoms with Crippen molar-refractivity contribution in [3.8, 4) is 0 Å². The molecule has 9 heteroatoms. The molecule has 0 saturated heterocycles. The molecule has 2 aromatic rings. The molecule has 0 aliphatic carbocycles. The normalized spacial score (nSPS) is 11.7. The Hall–Kier alpha value is -1.67. The van der Waals surface area contributed by atoms with Crippen LogP contribution < -0.4 is 0 Å². The number of hydrogen-bond acceptors (Lipinski definition) is 6. The summed E-state index contributed by atoms with van der Waals surface area (Å²) < 4.78 is 28.3. The number of aromatic nitrogens is 3. The Kier molecular flexibility index (Phi) is 2.99. The Balaban J connectivity index is 2.78. The predicted octanol–water partition coefficient (Wildman–Crippen LogP) is 0.682. The first kappa shape index (κ1) is 12.8. The number of ether oxygens (including phenoxy) is 1. The van der Waals surface area contributed by atoms with Crippen molar-refractivity contribution in [1.29, 1.82) is 0 Å². The second-order valence-corrected chi connectivity index (χ2v) is 6.01. The Morgan fingerprint density at radius 2 is 2.17 bits per heavy atom. The maximum Gasteiger partial charge on any atom is 0.359 e. The third kappa shape index (κ3) is 2.04. The topological polar surface area (TPSA) is 91.2 Å². The lowest BCUT2D eigenvalue weighted by atomic mass is 10.2. The third-order valence-corrected chi connectivity index (χ3v) is 3.63. The third-order valence-electron chi connectivity index (χ3n) is 2.31. The van der Waals surface area contributed by atoms with E-state index in [0.717, 1.165) is 6.20 Å². The summed E-state index contributed by atoms with van der Waals surface area (Å²) in [6.45, 7) is 0. The van der Waals surface area contributed by atoms with E-state index in [1.807, 2.05) is 0 Å². The van der Waals surface area contributed by atoms with Crippen LogP contribution in [-0.4, -0.2) is 36.3 Å². The minimum atomic E-state index is -3.91. The quantitative estimate of drug-likeness (QED) is 0.596. The van der Waals surface area contributed by atoms with Crippen LogP contribution in [0.4, 0.5) is 0 Å². The van der Waals surface area contributed by atoms with E-state index >= 15 is 0 Å². The van der Waals surface area contributed by atoms with Crippen molar-refractivity contribution in [2.45, 2.75) is 4.90 Å². The van der Waals surface area contributed by atoms with E-state index in [-0.39, 0.29) is 16.0 Å². The maximum absolute atomic E-state index is 11.5. The first-order valence-corrected chi connectivity index (χ1v) is 7.01. The molecule has 96 valence electrons. The van der Waals surface area contributed by atoms with Crippen molar-refractivity contribution < 1.29 is 17.9 Å². The van der Waals surface area contributed by atoms with Crippen LogP contribution in [0.1, 0.15) is 10.5 Å². The van der Waals surface area contributed by atoms with Crippen molar-refractivity contribution in [1.82, 2.24) is 14.8 Å². The fraction of sp³-hybridized carbons (Fsp3) is 0.222. The van der Waals surface area contributed by atoms with Gasteiger partial charge in [0.1, 0.15) is 4.90 Å². The van der Waals surface area contributed by atoms with Crippen LogP contribution in [0.2, 0.25) is 0 Å². The molecule has 2 aromatic heterocycles. The summed E-state index contributed by atoms with van der Waals surface area (Å²) in [5.41, 5.74) is 0.351.